The minimum atomic E-state index is -4.48. The first-order valence-corrected chi connectivity index (χ1v) is 5.93. The molecule has 0 aliphatic heterocycles. The lowest BCUT2D eigenvalue weighted by molar-refractivity contribution is -0.141. The molecule has 2 heterocycles. The van der Waals surface area contributed by atoms with E-state index in [0.717, 1.165) is 18.0 Å². The zero-order valence-corrected chi connectivity index (χ0v) is 10.5. The number of nitrogens with two attached hydrogens (primary N) is 1. The van der Waals surface area contributed by atoms with Gasteiger partial charge in [-0.1, -0.05) is 6.07 Å². The van der Waals surface area contributed by atoms with Crippen molar-refractivity contribution < 1.29 is 13.2 Å². The van der Waals surface area contributed by atoms with Crippen LogP contribution in [0.4, 0.5) is 24.5 Å². The number of hydrogen-bond donors (Lipinski definition) is 2. The van der Waals surface area contributed by atoms with Crippen molar-refractivity contribution in [3.63, 3.8) is 0 Å². The normalized spacial score (nSPS) is 11.3. The molecule has 0 unspecified atom stereocenters. The zero-order valence-electron chi connectivity index (χ0n) is 10.5. The molecule has 0 aromatic carbocycles. The van der Waals surface area contributed by atoms with Crippen LogP contribution in [-0.4, -0.2) is 16.5 Å². The molecular weight excluding hydrogens is 269 g/mol. The molecule has 106 valence electrons. The summed E-state index contributed by atoms with van der Waals surface area (Å²) in [6, 6.07) is 6.41. The molecule has 2 aromatic rings. The van der Waals surface area contributed by atoms with Gasteiger partial charge < -0.3 is 11.1 Å². The van der Waals surface area contributed by atoms with E-state index < -0.39 is 11.9 Å². The van der Waals surface area contributed by atoms with Crippen molar-refractivity contribution in [3.05, 3.63) is 48.0 Å². The van der Waals surface area contributed by atoms with Crippen LogP contribution in [0, 0.1) is 0 Å². The van der Waals surface area contributed by atoms with Crippen LogP contribution >= 0.6 is 0 Å². The summed E-state index contributed by atoms with van der Waals surface area (Å²) in [5.74, 6) is 0. The lowest BCUT2D eigenvalue weighted by Gasteiger charge is -2.12. The Morgan fingerprint density at radius 2 is 2.00 bits per heavy atom. The highest BCUT2D eigenvalue weighted by Gasteiger charge is 2.32. The van der Waals surface area contributed by atoms with Gasteiger partial charge in [0.15, 0.2) is 0 Å². The molecule has 0 saturated carbocycles. The number of nitrogen functional groups attached to an aromatic ring is 1. The van der Waals surface area contributed by atoms with Gasteiger partial charge in [0, 0.05) is 24.9 Å². The molecular formula is C13H13F3N4. The van der Waals surface area contributed by atoms with Gasteiger partial charge in [-0.15, -0.1) is 0 Å². The summed E-state index contributed by atoms with van der Waals surface area (Å²) in [4.78, 5) is 7.40. The first-order valence-electron chi connectivity index (χ1n) is 5.93. The lowest BCUT2D eigenvalue weighted by Crippen LogP contribution is -2.12. The average molecular weight is 282 g/mol. The molecule has 2 rings (SSSR count). The van der Waals surface area contributed by atoms with Crippen molar-refractivity contribution in [2.24, 2.45) is 0 Å². The highest BCUT2D eigenvalue weighted by molar-refractivity contribution is 5.65. The minimum absolute atomic E-state index is 0.180. The maximum atomic E-state index is 12.5. The quantitative estimate of drug-likeness (QED) is 0.905. The van der Waals surface area contributed by atoms with Crippen LogP contribution in [0.2, 0.25) is 0 Å². The molecule has 0 bridgehead atoms. The summed E-state index contributed by atoms with van der Waals surface area (Å²) >= 11 is 0. The zero-order chi connectivity index (χ0) is 14.6. The SMILES string of the molecule is Nc1cnc(C(F)(F)F)cc1NCCc1ccccn1. The highest BCUT2D eigenvalue weighted by Crippen LogP contribution is 2.30. The number of alkyl halides is 3. The Balaban J connectivity index is 2.02. The van der Waals surface area contributed by atoms with E-state index in [1.54, 1.807) is 12.3 Å². The smallest absolute Gasteiger partial charge is 0.396 e. The third-order valence-electron chi connectivity index (χ3n) is 2.65. The Labute approximate surface area is 113 Å². The number of aromatic nitrogens is 2. The first-order chi connectivity index (χ1) is 9.47. The van der Waals surface area contributed by atoms with E-state index >= 15 is 0 Å². The average Bonchev–Trinajstić information content (AvgIpc) is 2.41. The van der Waals surface area contributed by atoms with Gasteiger partial charge in [-0.25, -0.2) is 4.98 Å². The molecule has 0 spiro atoms. The Morgan fingerprint density at radius 3 is 2.65 bits per heavy atom. The van der Waals surface area contributed by atoms with Crippen molar-refractivity contribution in [2.75, 3.05) is 17.6 Å². The van der Waals surface area contributed by atoms with Gasteiger partial charge in [-0.2, -0.15) is 13.2 Å². The summed E-state index contributed by atoms with van der Waals surface area (Å²) in [5, 5.41) is 2.87. The highest BCUT2D eigenvalue weighted by atomic mass is 19.4. The Hall–Kier alpha value is -2.31. The summed E-state index contributed by atoms with van der Waals surface area (Å²) in [6.45, 7) is 0.433. The van der Waals surface area contributed by atoms with Crippen molar-refractivity contribution in [1.29, 1.82) is 0 Å². The summed E-state index contributed by atoms with van der Waals surface area (Å²) in [7, 11) is 0. The molecule has 0 aliphatic rings. The third-order valence-corrected chi connectivity index (χ3v) is 2.65. The van der Waals surface area contributed by atoms with Crippen molar-refractivity contribution in [1.82, 2.24) is 9.97 Å². The minimum Gasteiger partial charge on any atom is -0.396 e. The molecule has 0 aliphatic carbocycles. The van der Waals surface area contributed by atoms with Crippen LogP contribution < -0.4 is 11.1 Å². The molecule has 7 heteroatoms. The van der Waals surface area contributed by atoms with Gasteiger partial charge >= 0.3 is 6.18 Å². The van der Waals surface area contributed by atoms with Gasteiger partial charge in [-0.3, -0.25) is 4.98 Å². The van der Waals surface area contributed by atoms with Gasteiger partial charge in [0.2, 0.25) is 0 Å². The second-order valence-corrected chi connectivity index (χ2v) is 4.15. The van der Waals surface area contributed by atoms with Gasteiger partial charge in [0.25, 0.3) is 0 Å². The number of rotatable bonds is 4. The van der Waals surface area contributed by atoms with E-state index in [-0.39, 0.29) is 11.4 Å². The van der Waals surface area contributed by atoms with E-state index in [2.05, 4.69) is 15.3 Å². The number of anilines is 2. The third kappa shape index (κ3) is 3.59. The molecule has 0 radical (unpaired) electrons. The predicted octanol–water partition coefficient (Wildman–Crippen LogP) is 2.73. The molecule has 0 atom stereocenters. The molecule has 2 aromatic heterocycles. The van der Waals surface area contributed by atoms with E-state index in [1.807, 2.05) is 12.1 Å². The van der Waals surface area contributed by atoms with E-state index in [1.165, 1.54) is 0 Å². The van der Waals surface area contributed by atoms with Gasteiger partial charge in [0.05, 0.1) is 17.6 Å². The fourth-order valence-electron chi connectivity index (χ4n) is 1.65. The lowest BCUT2D eigenvalue weighted by atomic mass is 10.2. The number of nitrogens with zero attached hydrogens (tertiary/aromatic N) is 2. The number of pyridine rings is 2. The topological polar surface area (TPSA) is 63.8 Å². The second-order valence-electron chi connectivity index (χ2n) is 4.15. The van der Waals surface area contributed by atoms with Crippen LogP contribution in [-0.2, 0) is 12.6 Å². The maximum Gasteiger partial charge on any atom is 0.433 e. The summed E-state index contributed by atoms with van der Waals surface area (Å²) in [6.07, 6.45) is -1.22. The number of halogens is 3. The van der Waals surface area contributed by atoms with Gasteiger partial charge in [-0.05, 0) is 18.2 Å². The Bertz CT molecular complexity index is 570. The maximum absolute atomic E-state index is 12.5. The van der Waals surface area contributed by atoms with Crippen LogP contribution in [0.3, 0.4) is 0 Å². The number of hydrogen-bond acceptors (Lipinski definition) is 4. The predicted molar refractivity (Wildman–Crippen MR) is 70.1 cm³/mol. The fourth-order valence-corrected chi connectivity index (χ4v) is 1.65. The first kappa shape index (κ1) is 14.1. The fraction of sp³-hybridized carbons (Fsp3) is 0.231. The largest absolute Gasteiger partial charge is 0.433 e. The second kappa shape index (κ2) is 5.77. The molecule has 0 saturated heterocycles. The Kier molecular flexibility index (Phi) is 4.07. The van der Waals surface area contributed by atoms with Crippen molar-refractivity contribution in [2.45, 2.75) is 12.6 Å². The van der Waals surface area contributed by atoms with E-state index in [4.69, 9.17) is 5.73 Å². The molecule has 3 N–H and O–H groups in total. The van der Waals surface area contributed by atoms with E-state index in [9.17, 15) is 13.2 Å². The van der Waals surface area contributed by atoms with E-state index in [0.29, 0.717) is 13.0 Å². The molecule has 20 heavy (non-hydrogen) atoms. The summed E-state index contributed by atoms with van der Waals surface area (Å²) < 4.78 is 37.6. The standard InChI is InChI=1S/C13H13F3N4/c14-13(15,16)12-7-11(10(17)8-20-12)19-6-4-9-3-1-2-5-18-9/h1-3,5,7-8H,4,6,17H2,(H,19,20). The van der Waals surface area contributed by atoms with Crippen molar-refractivity contribution >= 4 is 11.4 Å². The monoisotopic (exact) mass is 282 g/mol. The number of nitrogens with one attached hydrogen (secondary N) is 1. The molecule has 4 nitrogen and oxygen atoms in total. The Morgan fingerprint density at radius 1 is 1.20 bits per heavy atom. The van der Waals surface area contributed by atoms with Crippen LogP contribution in [0.25, 0.3) is 0 Å². The van der Waals surface area contributed by atoms with Crippen LogP contribution in [0.15, 0.2) is 36.7 Å². The van der Waals surface area contributed by atoms with Crippen LogP contribution in [0.1, 0.15) is 11.4 Å². The molecule has 0 amide bonds. The molecule has 0 fully saturated rings. The summed E-state index contributed by atoms with van der Waals surface area (Å²) in [5.41, 5.74) is 5.89. The van der Waals surface area contributed by atoms with Crippen LogP contribution in [0.5, 0.6) is 0 Å². The van der Waals surface area contributed by atoms with Crippen molar-refractivity contribution in [3.8, 4) is 0 Å². The van der Waals surface area contributed by atoms with Gasteiger partial charge in [0.1, 0.15) is 5.69 Å².